The zero-order valence-electron chi connectivity index (χ0n) is 10.2. The Hall–Kier alpha value is -2.47. The number of nitriles is 1. The molecule has 0 atom stereocenters. The van der Waals surface area contributed by atoms with Crippen molar-refractivity contribution in [2.24, 2.45) is 0 Å². The Morgan fingerprint density at radius 1 is 1.00 bits per heavy atom. The van der Waals surface area contributed by atoms with Crippen LogP contribution in [0.5, 0.6) is 5.75 Å². The van der Waals surface area contributed by atoms with Gasteiger partial charge < -0.3 is 10.1 Å². The molecule has 0 saturated heterocycles. The largest absolute Gasteiger partial charge is 0.497 e. The third-order valence-electron chi connectivity index (χ3n) is 2.62. The van der Waals surface area contributed by atoms with Gasteiger partial charge in [0.1, 0.15) is 5.75 Å². The second-order valence-corrected chi connectivity index (χ2v) is 3.89. The molecular weight excluding hydrogens is 224 g/mol. The van der Waals surface area contributed by atoms with Crippen molar-refractivity contribution in [3.05, 3.63) is 54.1 Å². The molecule has 2 rings (SSSR count). The Morgan fingerprint density at radius 2 is 1.56 bits per heavy atom. The van der Waals surface area contributed by atoms with Gasteiger partial charge in [0.05, 0.1) is 19.6 Å². The highest BCUT2D eigenvalue weighted by Gasteiger charge is 1.96. The first-order valence-electron chi connectivity index (χ1n) is 5.69. The molecule has 1 N–H and O–H groups in total. The monoisotopic (exact) mass is 238 g/mol. The number of rotatable bonds is 4. The molecule has 0 bridgehead atoms. The molecule has 0 aromatic heterocycles. The number of nitrogens with zero attached hydrogens (tertiary/aromatic N) is 1. The van der Waals surface area contributed by atoms with E-state index in [0.29, 0.717) is 6.42 Å². The molecule has 0 heterocycles. The molecule has 3 heteroatoms. The average Bonchev–Trinajstić information content (AvgIpc) is 2.42. The van der Waals surface area contributed by atoms with Crippen LogP contribution < -0.4 is 10.1 Å². The Morgan fingerprint density at radius 3 is 2.06 bits per heavy atom. The van der Waals surface area contributed by atoms with Gasteiger partial charge in [-0.15, -0.1) is 0 Å². The first kappa shape index (κ1) is 12.0. The lowest BCUT2D eigenvalue weighted by molar-refractivity contribution is 0.415. The van der Waals surface area contributed by atoms with Crippen LogP contribution in [-0.4, -0.2) is 7.11 Å². The molecule has 18 heavy (non-hydrogen) atoms. The predicted octanol–water partition coefficient (Wildman–Crippen LogP) is 3.50. The maximum Gasteiger partial charge on any atom is 0.119 e. The fourth-order valence-corrected chi connectivity index (χ4v) is 1.64. The quantitative estimate of drug-likeness (QED) is 0.886. The van der Waals surface area contributed by atoms with Gasteiger partial charge in [0, 0.05) is 11.4 Å². The number of ether oxygens (including phenoxy) is 1. The molecule has 0 fully saturated rings. The van der Waals surface area contributed by atoms with E-state index >= 15 is 0 Å². The van der Waals surface area contributed by atoms with E-state index in [1.807, 2.05) is 48.5 Å². The van der Waals surface area contributed by atoms with E-state index in [1.165, 1.54) is 0 Å². The molecular formula is C15H14N2O. The van der Waals surface area contributed by atoms with E-state index in [9.17, 15) is 0 Å². The topological polar surface area (TPSA) is 45.0 Å². The van der Waals surface area contributed by atoms with Gasteiger partial charge in [-0.05, 0) is 42.0 Å². The van der Waals surface area contributed by atoms with Crippen LogP contribution in [0, 0.1) is 11.3 Å². The van der Waals surface area contributed by atoms with Crippen molar-refractivity contribution in [1.29, 1.82) is 5.26 Å². The lowest BCUT2D eigenvalue weighted by Gasteiger charge is -2.07. The van der Waals surface area contributed by atoms with E-state index in [0.717, 1.165) is 22.7 Å². The first-order chi connectivity index (χ1) is 8.81. The summed E-state index contributed by atoms with van der Waals surface area (Å²) in [6.45, 7) is 0. The van der Waals surface area contributed by atoms with Gasteiger partial charge in [-0.3, -0.25) is 0 Å². The Bertz CT molecular complexity index is 538. The van der Waals surface area contributed by atoms with Gasteiger partial charge in [-0.2, -0.15) is 5.26 Å². The third kappa shape index (κ3) is 3.02. The van der Waals surface area contributed by atoms with Gasteiger partial charge in [-0.1, -0.05) is 12.1 Å². The van der Waals surface area contributed by atoms with Crippen LogP contribution >= 0.6 is 0 Å². The summed E-state index contributed by atoms with van der Waals surface area (Å²) in [6, 6.07) is 17.7. The molecule has 0 saturated carbocycles. The predicted molar refractivity (Wildman–Crippen MR) is 72.0 cm³/mol. The maximum absolute atomic E-state index is 8.60. The van der Waals surface area contributed by atoms with E-state index in [-0.39, 0.29) is 0 Å². The molecule has 0 aliphatic carbocycles. The number of methoxy groups -OCH3 is 1. The SMILES string of the molecule is COc1ccc(Nc2ccc(CC#N)cc2)cc1. The number of anilines is 2. The van der Waals surface area contributed by atoms with Gasteiger partial charge >= 0.3 is 0 Å². The standard InChI is InChI=1S/C15H14N2O/c1-18-15-8-6-14(7-9-15)17-13-4-2-12(3-5-13)10-11-16/h2-9,17H,10H2,1H3. The van der Waals surface area contributed by atoms with Crippen LogP contribution in [-0.2, 0) is 6.42 Å². The molecule has 90 valence electrons. The molecule has 0 unspecified atom stereocenters. The number of benzene rings is 2. The Kier molecular flexibility index (Phi) is 3.83. The van der Waals surface area contributed by atoms with Crippen molar-refractivity contribution in [3.63, 3.8) is 0 Å². The molecule has 0 aliphatic rings. The molecule has 2 aromatic rings. The van der Waals surface area contributed by atoms with E-state index in [1.54, 1.807) is 7.11 Å². The van der Waals surface area contributed by atoms with Crippen LogP contribution in [0.15, 0.2) is 48.5 Å². The molecule has 0 aliphatic heterocycles. The van der Waals surface area contributed by atoms with Gasteiger partial charge in [0.25, 0.3) is 0 Å². The normalized spacial score (nSPS) is 9.56. The second-order valence-electron chi connectivity index (χ2n) is 3.89. The van der Waals surface area contributed by atoms with Crippen molar-refractivity contribution < 1.29 is 4.74 Å². The lowest BCUT2D eigenvalue weighted by atomic mass is 10.1. The summed E-state index contributed by atoms with van der Waals surface area (Å²) in [7, 11) is 1.65. The summed E-state index contributed by atoms with van der Waals surface area (Å²) < 4.78 is 5.10. The minimum Gasteiger partial charge on any atom is -0.497 e. The average molecular weight is 238 g/mol. The van der Waals surface area contributed by atoms with Crippen molar-refractivity contribution >= 4 is 11.4 Å². The summed E-state index contributed by atoms with van der Waals surface area (Å²) >= 11 is 0. The van der Waals surface area contributed by atoms with Crippen molar-refractivity contribution in [1.82, 2.24) is 0 Å². The highest BCUT2D eigenvalue weighted by Crippen LogP contribution is 2.20. The van der Waals surface area contributed by atoms with E-state index in [4.69, 9.17) is 10.00 Å². The third-order valence-corrected chi connectivity index (χ3v) is 2.62. The lowest BCUT2D eigenvalue weighted by Crippen LogP contribution is -1.91. The maximum atomic E-state index is 8.60. The molecule has 0 radical (unpaired) electrons. The van der Waals surface area contributed by atoms with Crippen LogP contribution in [0.3, 0.4) is 0 Å². The van der Waals surface area contributed by atoms with Gasteiger partial charge in [-0.25, -0.2) is 0 Å². The molecule has 3 nitrogen and oxygen atoms in total. The van der Waals surface area contributed by atoms with Crippen LogP contribution in [0.25, 0.3) is 0 Å². The number of hydrogen-bond acceptors (Lipinski definition) is 3. The van der Waals surface area contributed by atoms with Gasteiger partial charge in [0.2, 0.25) is 0 Å². The zero-order valence-corrected chi connectivity index (χ0v) is 10.2. The van der Waals surface area contributed by atoms with Crippen LogP contribution in [0.4, 0.5) is 11.4 Å². The van der Waals surface area contributed by atoms with E-state index < -0.39 is 0 Å². The molecule has 0 amide bonds. The van der Waals surface area contributed by atoms with Gasteiger partial charge in [0.15, 0.2) is 0 Å². The fourth-order valence-electron chi connectivity index (χ4n) is 1.64. The number of hydrogen-bond donors (Lipinski definition) is 1. The molecule has 0 spiro atoms. The van der Waals surface area contributed by atoms with Crippen LogP contribution in [0.1, 0.15) is 5.56 Å². The summed E-state index contributed by atoms with van der Waals surface area (Å²) in [5.41, 5.74) is 3.03. The van der Waals surface area contributed by atoms with E-state index in [2.05, 4.69) is 11.4 Å². The van der Waals surface area contributed by atoms with Crippen molar-refractivity contribution in [2.45, 2.75) is 6.42 Å². The first-order valence-corrected chi connectivity index (χ1v) is 5.69. The second kappa shape index (κ2) is 5.74. The molecule has 2 aromatic carbocycles. The summed E-state index contributed by atoms with van der Waals surface area (Å²) in [5.74, 6) is 0.838. The smallest absolute Gasteiger partial charge is 0.119 e. The number of nitrogens with one attached hydrogen (secondary N) is 1. The highest BCUT2D eigenvalue weighted by molar-refractivity contribution is 5.60. The highest BCUT2D eigenvalue weighted by atomic mass is 16.5. The fraction of sp³-hybridized carbons (Fsp3) is 0.133. The zero-order chi connectivity index (χ0) is 12.8. The van der Waals surface area contributed by atoms with Crippen molar-refractivity contribution in [3.8, 4) is 11.8 Å². The summed E-state index contributed by atoms with van der Waals surface area (Å²) in [6.07, 6.45) is 0.447. The summed E-state index contributed by atoms with van der Waals surface area (Å²) in [4.78, 5) is 0. The van der Waals surface area contributed by atoms with Crippen LogP contribution in [0.2, 0.25) is 0 Å². The Labute approximate surface area is 107 Å². The summed E-state index contributed by atoms with van der Waals surface area (Å²) in [5, 5.41) is 11.9. The minimum absolute atomic E-state index is 0.447. The Balaban J connectivity index is 2.06. The minimum atomic E-state index is 0.447. The van der Waals surface area contributed by atoms with Crippen molar-refractivity contribution in [2.75, 3.05) is 12.4 Å².